The maximum Gasteiger partial charge on any atom is 0.257 e. The Morgan fingerprint density at radius 3 is 2.37 bits per heavy atom. The van der Waals surface area contributed by atoms with Crippen LogP contribution in [0.4, 0.5) is 0 Å². The number of benzene rings is 1. The summed E-state index contributed by atoms with van der Waals surface area (Å²) in [4.78, 5) is 14.2. The van der Waals surface area contributed by atoms with Crippen LogP contribution in [0.15, 0.2) is 24.3 Å². The molecule has 1 amide bonds. The van der Waals surface area contributed by atoms with Crippen LogP contribution in [0.3, 0.4) is 0 Å². The van der Waals surface area contributed by atoms with Crippen molar-refractivity contribution in [2.75, 3.05) is 20.2 Å². The average Bonchev–Trinajstić information content (AvgIpc) is 3.14. The number of methoxy groups -OCH3 is 1. The minimum absolute atomic E-state index is 0.0679. The van der Waals surface area contributed by atoms with E-state index in [0.29, 0.717) is 13.1 Å². The molecule has 0 radical (unpaired) electrons. The average molecular weight is 263 g/mol. The molecule has 1 fully saturated rings. The fourth-order valence-electron chi connectivity index (χ4n) is 2.36. The van der Waals surface area contributed by atoms with Crippen LogP contribution in [0.5, 0.6) is 5.75 Å². The van der Waals surface area contributed by atoms with E-state index in [2.05, 4.69) is 0 Å². The molecule has 4 nitrogen and oxygen atoms in total. The maximum absolute atomic E-state index is 12.4. The highest BCUT2D eigenvalue weighted by Gasteiger charge is 2.60. The summed E-state index contributed by atoms with van der Waals surface area (Å²) in [5.41, 5.74) is 0.310. The normalized spacial score (nSPS) is 24.9. The molecule has 19 heavy (non-hydrogen) atoms. The van der Waals surface area contributed by atoms with Crippen molar-refractivity contribution in [3.63, 3.8) is 0 Å². The summed E-state index contributed by atoms with van der Waals surface area (Å²) in [6.45, 7) is 7.25. The van der Waals surface area contributed by atoms with Crippen LogP contribution in [0.2, 0.25) is 0 Å². The van der Waals surface area contributed by atoms with Crippen LogP contribution in [-0.4, -0.2) is 36.6 Å². The topological polar surface area (TPSA) is 42.1 Å². The first-order valence-corrected chi connectivity index (χ1v) is 6.68. The van der Waals surface area contributed by atoms with E-state index in [1.807, 2.05) is 49.9 Å². The molecule has 1 heterocycles. The molecule has 0 unspecified atom stereocenters. The van der Waals surface area contributed by atoms with Crippen molar-refractivity contribution in [3.05, 3.63) is 29.8 Å². The second-order valence-corrected chi connectivity index (χ2v) is 4.86. The van der Waals surface area contributed by atoms with Crippen LogP contribution < -0.4 is 4.74 Å². The summed E-state index contributed by atoms with van der Waals surface area (Å²) in [7, 11) is 1.64. The van der Waals surface area contributed by atoms with Gasteiger partial charge in [0.25, 0.3) is 5.91 Å². The van der Waals surface area contributed by atoms with E-state index >= 15 is 0 Å². The van der Waals surface area contributed by atoms with Crippen LogP contribution in [0.25, 0.3) is 0 Å². The molecule has 1 aromatic rings. The molecule has 0 saturated carbocycles. The number of hydrogen-bond donors (Lipinski definition) is 0. The first-order chi connectivity index (χ1) is 9.06. The monoisotopic (exact) mass is 263 g/mol. The van der Waals surface area contributed by atoms with Crippen molar-refractivity contribution in [1.29, 1.82) is 0 Å². The highest BCUT2D eigenvalue weighted by atomic mass is 16.6. The summed E-state index contributed by atoms with van der Waals surface area (Å²) < 4.78 is 10.8. The molecular formula is C15H21NO3. The third kappa shape index (κ3) is 2.45. The van der Waals surface area contributed by atoms with Gasteiger partial charge in [-0.25, -0.2) is 0 Å². The Bertz CT molecular complexity index is 453. The molecule has 2 rings (SSSR count). The van der Waals surface area contributed by atoms with E-state index in [1.165, 1.54) is 0 Å². The van der Waals surface area contributed by atoms with Crippen molar-refractivity contribution >= 4 is 5.91 Å². The van der Waals surface area contributed by atoms with Crippen LogP contribution in [0.1, 0.15) is 32.4 Å². The summed E-state index contributed by atoms with van der Waals surface area (Å²) in [5.74, 6) is 0.875. The van der Waals surface area contributed by atoms with E-state index < -0.39 is 5.60 Å². The van der Waals surface area contributed by atoms with Gasteiger partial charge >= 0.3 is 0 Å². The number of rotatable bonds is 5. The minimum atomic E-state index is -0.708. The van der Waals surface area contributed by atoms with Gasteiger partial charge in [0.15, 0.2) is 5.60 Å². The molecule has 1 aliphatic rings. The highest BCUT2D eigenvalue weighted by Crippen LogP contribution is 2.50. The molecule has 1 aromatic carbocycles. The van der Waals surface area contributed by atoms with Gasteiger partial charge in [-0.2, -0.15) is 0 Å². The molecule has 2 atom stereocenters. The van der Waals surface area contributed by atoms with Crippen LogP contribution in [-0.2, 0) is 9.53 Å². The van der Waals surface area contributed by atoms with Crippen LogP contribution in [0, 0.1) is 0 Å². The molecule has 1 aliphatic heterocycles. The van der Waals surface area contributed by atoms with E-state index in [0.717, 1.165) is 11.3 Å². The predicted molar refractivity (Wildman–Crippen MR) is 73.2 cm³/mol. The number of likely N-dealkylation sites (N-methyl/N-ethyl adjacent to an activating group) is 1. The molecule has 0 spiro atoms. The second-order valence-electron chi connectivity index (χ2n) is 4.86. The smallest absolute Gasteiger partial charge is 0.257 e. The van der Waals surface area contributed by atoms with Gasteiger partial charge in [-0.3, -0.25) is 4.79 Å². The Balaban J connectivity index is 2.11. The zero-order valence-electron chi connectivity index (χ0n) is 12.0. The van der Waals surface area contributed by atoms with Crippen LogP contribution >= 0.6 is 0 Å². The lowest BCUT2D eigenvalue weighted by Crippen LogP contribution is -2.40. The fourth-order valence-corrected chi connectivity index (χ4v) is 2.36. The van der Waals surface area contributed by atoms with Gasteiger partial charge in [-0.05, 0) is 38.5 Å². The van der Waals surface area contributed by atoms with Gasteiger partial charge in [-0.15, -0.1) is 0 Å². The second kappa shape index (κ2) is 5.21. The largest absolute Gasteiger partial charge is 0.497 e. The third-order valence-electron chi connectivity index (χ3n) is 3.70. The van der Waals surface area contributed by atoms with Gasteiger partial charge in [0.05, 0.1) is 7.11 Å². The lowest BCUT2D eigenvalue weighted by molar-refractivity contribution is -0.135. The standard InChI is InChI=1S/C15H21NO3/c1-5-16(6-2)14(17)15(3)13(19-15)11-7-9-12(18-4)10-8-11/h7-10,13H,5-6H2,1-4H3/t13-,15+/m1/s1. The molecule has 0 aromatic heterocycles. The van der Waals surface area contributed by atoms with Crippen molar-refractivity contribution in [2.45, 2.75) is 32.5 Å². The minimum Gasteiger partial charge on any atom is -0.497 e. The first-order valence-electron chi connectivity index (χ1n) is 6.68. The number of hydrogen-bond acceptors (Lipinski definition) is 3. The fraction of sp³-hybridized carbons (Fsp3) is 0.533. The highest BCUT2D eigenvalue weighted by molar-refractivity contribution is 5.88. The molecule has 1 saturated heterocycles. The Kier molecular flexibility index (Phi) is 3.80. The van der Waals surface area contributed by atoms with Crippen molar-refractivity contribution in [1.82, 2.24) is 4.90 Å². The van der Waals surface area contributed by atoms with Gasteiger partial charge in [0, 0.05) is 13.1 Å². The first kappa shape index (κ1) is 13.9. The number of carbonyl (C=O) groups is 1. The molecule has 0 bridgehead atoms. The lowest BCUT2D eigenvalue weighted by atomic mass is 9.99. The SMILES string of the molecule is CCN(CC)C(=O)[C@@]1(C)O[C@@H]1c1ccc(OC)cc1. The van der Waals surface area contributed by atoms with Crippen molar-refractivity contribution < 1.29 is 14.3 Å². The Hall–Kier alpha value is -1.55. The lowest BCUT2D eigenvalue weighted by Gasteiger charge is -2.21. The quantitative estimate of drug-likeness (QED) is 0.766. The van der Waals surface area contributed by atoms with E-state index in [1.54, 1.807) is 7.11 Å². The Morgan fingerprint density at radius 2 is 1.89 bits per heavy atom. The summed E-state index contributed by atoms with van der Waals surface area (Å²) in [5, 5.41) is 0. The molecule has 4 heteroatoms. The van der Waals surface area contributed by atoms with Gasteiger partial charge in [0.1, 0.15) is 11.9 Å². The number of epoxide rings is 1. The summed E-state index contributed by atoms with van der Waals surface area (Å²) in [6, 6.07) is 7.67. The number of ether oxygens (including phenoxy) is 2. The van der Waals surface area contributed by atoms with Gasteiger partial charge < -0.3 is 14.4 Å². The maximum atomic E-state index is 12.4. The molecular weight excluding hydrogens is 242 g/mol. The summed E-state index contributed by atoms with van der Waals surface area (Å²) in [6.07, 6.45) is -0.147. The summed E-state index contributed by atoms with van der Waals surface area (Å²) >= 11 is 0. The zero-order valence-corrected chi connectivity index (χ0v) is 12.0. The molecule has 0 N–H and O–H groups in total. The zero-order chi connectivity index (χ0) is 14.0. The predicted octanol–water partition coefficient (Wildman–Crippen LogP) is 2.39. The number of amides is 1. The van der Waals surface area contributed by atoms with E-state index in [9.17, 15) is 4.79 Å². The third-order valence-corrected chi connectivity index (χ3v) is 3.70. The Morgan fingerprint density at radius 1 is 1.32 bits per heavy atom. The van der Waals surface area contributed by atoms with Crippen molar-refractivity contribution in [2.24, 2.45) is 0 Å². The van der Waals surface area contributed by atoms with Gasteiger partial charge in [-0.1, -0.05) is 12.1 Å². The molecule has 0 aliphatic carbocycles. The van der Waals surface area contributed by atoms with E-state index in [4.69, 9.17) is 9.47 Å². The van der Waals surface area contributed by atoms with Gasteiger partial charge in [0.2, 0.25) is 0 Å². The Labute approximate surface area is 114 Å². The number of nitrogens with zero attached hydrogens (tertiary/aromatic N) is 1. The van der Waals surface area contributed by atoms with Crippen molar-refractivity contribution in [3.8, 4) is 5.75 Å². The van der Waals surface area contributed by atoms with E-state index in [-0.39, 0.29) is 12.0 Å². The number of carbonyl (C=O) groups excluding carboxylic acids is 1. The molecule has 104 valence electrons.